The van der Waals surface area contributed by atoms with Crippen molar-refractivity contribution in [2.45, 2.75) is 84.2 Å². The molecule has 9 nitrogen and oxygen atoms in total. The van der Waals surface area contributed by atoms with E-state index in [1.165, 1.54) is 13.2 Å². The standard InChI is InChI=1S/C26H36FN5O4/c1-14-9-17-10-19(12-21(14)32(17)25(33)36-26(3,4)5)35-18-8-7-16(20(27)11-18)13-29-23-22(28)15(2)30-24(31-23)34-6/h7-8,11,14,17,19,21H,9-10,12-13,28H2,1-6H3,(H,29,30,31)/t14?,17-,19+,21-/m0/s1. The fraction of sp³-hybridized carbons (Fsp3) is 0.577. The summed E-state index contributed by atoms with van der Waals surface area (Å²) in [7, 11) is 1.47. The molecule has 36 heavy (non-hydrogen) atoms. The molecule has 4 atom stereocenters. The quantitative estimate of drug-likeness (QED) is 0.587. The zero-order valence-corrected chi connectivity index (χ0v) is 21.8. The first kappa shape index (κ1) is 25.8. The van der Waals surface area contributed by atoms with Crippen LogP contribution in [0.1, 0.15) is 58.2 Å². The number of methoxy groups -OCH3 is 1. The van der Waals surface area contributed by atoms with Crippen molar-refractivity contribution in [2.24, 2.45) is 5.92 Å². The predicted octanol–water partition coefficient (Wildman–Crippen LogP) is 4.68. The van der Waals surface area contributed by atoms with E-state index in [-0.39, 0.29) is 42.7 Å². The number of rotatable bonds is 6. The molecule has 1 aromatic carbocycles. The van der Waals surface area contributed by atoms with Gasteiger partial charge in [0.15, 0.2) is 5.82 Å². The third-order valence-corrected chi connectivity index (χ3v) is 6.77. The molecule has 2 saturated heterocycles. The summed E-state index contributed by atoms with van der Waals surface area (Å²) in [6.07, 6.45) is 1.94. The summed E-state index contributed by atoms with van der Waals surface area (Å²) in [5.41, 5.74) is 6.92. The molecule has 1 unspecified atom stereocenters. The second-order valence-electron chi connectivity index (χ2n) is 10.7. The SMILES string of the molecule is COc1nc(C)c(N)c(NCc2ccc(O[C@@H]3C[C@@H]4CC(C)[C@H](C3)N4C(=O)OC(C)(C)C)cc2F)n1. The number of halogens is 1. The summed E-state index contributed by atoms with van der Waals surface area (Å²) in [5, 5.41) is 3.06. The number of aromatic nitrogens is 2. The van der Waals surface area contributed by atoms with E-state index in [4.69, 9.17) is 19.9 Å². The lowest BCUT2D eigenvalue weighted by Gasteiger charge is -2.40. The number of hydrogen-bond acceptors (Lipinski definition) is 8. The number of amides is 1. The summed E-state index contributed by atoms with van der Waals surface area (Å²) in [5.74, 6) is 0.829. The lowest BCUT2D eigenvalue weighted by atomic mass is 9.97. The Kier molecular flexibility index (Phi) is 7.15. The Morgan fingerprint density at radius 1 is 1.25 bits per heavy atom. The minimum atomic E-state index is -0.536. The highest BCUT2D eigenvalue weighted by Crippen LogP contribution is 2.41. The smallest absolute Gasteiger partial charge is 0.410 e. The van der Waals surface area contributed by atoms with Crippen LogP contribution in [-0.2, 0) is 11.3 Å². The van der Waals surface area contributed by atoms with Gasteiger partial charge in [0.2, 0.25) is 0 Å². The lowest BCUT2D eigenvalue weighted by molar-refractivity contribution is -0.00949. The molecule has 3 N–H and O–H groups in total. The number of anilines is 2. The van der Waals surface area contributed by atoms with Crippen molar-refractivity contribution in [3.05, 3.63) is 35.3 Å². The summed E-state index contributed by atoms with van der Waals surface area (Å²) in [4.78, 5) is 23.0. The number of benzene rings is 1. The summed E-state index contributed by atoms with van der Waals surface area (Å²) < 4.78 is 31.8. The molecule has 2 aliphatic rings. The van der Waals surface area contributed by atoms with Gasteiger partial charge in [0, 0.05) is 43.1 Å². The zero-order chi connectivity index (χ0) is 26.2. The van der Waals surface area contributed by atoms with Crippen molar-refractivity contribution in [3.8, 4) is 11.8 Å². The van der Waals surface area contributed by atoms with Gasteiger partial charge in [-0.1, -0.05) is 13.0 Å². The number of fused-ring (bicyclic) bond motifs is 2. The van der Waals surface area contributed by atoms with Gasteiger partial charge in [-0.15, -0.1) is 0 Å². The molecule has 0 radical (unpaired) electrons. The number of ether oxygens (including phenoxy) is 3. The maximum absolute atomic E-state index is 14.9. The number of carbonyl (C=O) groups is 1. The maximum Gasteiger partial charge on any atom is 0.410 e. The number of nitrogens with two attached hydrogens (primary N) is 1. The Balaban J connectivity index is 1.39. The molecule has 1 amide bonds. The number of nitrogen functional groups attached to an aromatic ring is 1. The van der Waals surface area contributed by atoms with Crippen LogP contribution < -0.4 is 20.5 Å². The van der Waals surface area contributed by atoms with Gasteiger partial charge in [-0.3, -0.25) is 0 Å². The maximum atomic E-state index is 14.9. The van der Waals surface area contributed by atoms with E-state index in [0.717, 1.165) is 6.42 Å². The molecular formula is C26H36FN5O4. The molecule has 4 rings (SSSR count). The summed E-state index contributed by atoms with van der Waals surface area (Å²) in [6, 6.07) is 5.15. The van der Waals surface area contributed by atoms with Crippen molar-refractivity contribution < 1.29 is 23.4 Å². The van der Waals surface area contributed by atoms with E-state index in [1.54, 1.807) is 19.1 Å². The van der Waals surface area contributed by atoms with Crippen molar-refractivity contribution in [2.75, 3.05) is 18.2 Å². The fourth-order valence-corrected chi connectivity index (χ4v) is 5.06. The second-order valence-corrected chi connectivity index (χ2v) is 10.7. The topological polar surface area (TPSA) is 112 Å². The van der Waals surface area contributed by atoms with E-state index >= 15 is 0 Å². The second kappa shape index (κ2) is 9.99. The van der Waals surface area contributed by atoms with E-state index in [0.29, 0.717) is 47.3 Å². The van der Waals surface area contributed by atoms with Gasteiger partial charge in [-0.05, 0) is 46.1 Å². The molecule has 0 spiro atoms. The zero-order valence-electron chi connectivity index (χ0n) is 21.8. The molecule has 2 aliphatic heterocycles. The van der Waals surface area contributed by atoms with Crippen molar-refractivity contribution in [1.29, 1.82) is 0 Å². The lowest BCUT2D eigenvalue weighted by Crippen LogP contribution is -2.51. The van der Waals surface area contributed by atoms with Gasteiger partial charge in [0.1, 0.15) is 23.3 Å². The Labute approximate surface area is 211 Å². The summed E-state index contributed by atoms with van der Waals surface area (Å²) >= 11 is 0. The van der Waals surface area contributed by atoms with E-state index in [2.05, 4.69) is 22.2 Å². The third kappa shape index (κ3) is 5.57. The number of hydrogen-bond donors (Lipinski definition) is 2. The average molecular weight is 502 g/mol. The van der Waals surface area contributed by atoms with Gasteiger partial charge >= 0.3 is 12.1 Å². The first-order valence-corrected chi connectivity index (χ1v) is 12.3. The Hall–Kier alpha value is -3.30. The number of piperidine rings is 1. The van der Waals surface area contributed by atoms with E-state index in [9.17, 15) is 9.18 Å². The van der Waals surface area contributed by atoms with Crippen molar-refractivity contribution >= 4 is 17.6 Å². The minimum absolute atomic E-state index is 0.0516. The molecule has 3 heterocycles. The van der Waals surface area contributed by atoms with Crippen LogP contribution in [0, 0.1) is 18.7 Å². The van der Waals surface area contributed by atoms with Crippen LogP contribution in [0.5, 0.6) is 11.8 Å². The Morgan fingerprint density at radius 2 is 2.00 bits per heavy atom. The van der Waals surface area contributed by atoms with Gasteiger partial charge in [0.05, 0.1) is 18.5 Å². The van der Waals surface area contributed by atoms with Gasteiger partial charge in [-0.25, -0.2) is 9.18 Å². The van der Waals surface area contributed by atoms with Gasteiger partial charge in [-0.2, -0.15) is 9.97 Å². The molecule has 2 aromatic rings. The average Bonchev–Trinajstić information content (AvgIpc) is 3.00. The fourth-order valence-electron chi connectivity index (χ4n) is 5.06. The highest BCUT2D eigenvalue weighted by Gasteiger charge is 2.49. The van der Waals surface area contributed by atoms with Crippen LogP contribution in [-0.4, -0.2) is 51.9 Å². The summed E-state index contributed by atoms with van der Waals surface area (Å²) in [6.45, 7) is 9.72. The number of nitrogens with one attached hydrogen (secondary N) is 1. The van der Waals surface area contributed by atoms with Crippen LogP contribution in [0.2, 0.25) is 0 Å². The molecule has 196 valence electrons. The molecule has 2 fully saturated rings. The molecule has 0 saturated carbocycles. The molecule has 0 aliphatic carbocycles. The van der Waals surface area contributed by atoms with Gasteiger partial charge in [0.25, 0.3) is 0 Å². The highest BCUT2D eigenvalue weighted by atomic mass is 19.1. The number of aryl methyl sites for hydroxylation is 1. The highest BCUT2D eigenvalue weighted by molar-refractivity contribution is 5.70. The monoisotopic (exact) mass is 501 g/mol. The third-order valence-electron chi connectivity index (χ3n) is 6.77. The normalized spacial score (nSPS) is 23.4. The first-order valence-electron chi connectivity index (χ1n) is 12.3. The van der Waals surface area contributed by atoms with E-state index < -0.39 is 5.60 Å². The van der Waals surface area contributed by atoms with Crippen LogP contribution in [0.4, 0.5) is 20.7 Å². The van der Waals surface area contributed by atoms with Crippen LogP contribution in [0.15, 0.2) is 18.2 Å². The van der Waals surface area contributed by atoms with Crippen molar-refractivity contribution in [1.82, 2.24) is 14.9 Å². The molecular weight excluding hydrogens is 465 g/mol. The van der Waals surface area contributed by atoms with E-state index in [1.807, 2.05) is 25.7 Å². The predicted molar refractivity (Wildman–Crippen MR) is 135 cm³/mol. The van der Waals surface area contributed by atoms with Crippen LogP contribution in [0.3, 0.4) is 0 Å². The van der Waals surface area contributed by atoms with Crippen molar-refractivity contribution in [3.63, 3.8) is 0 Å². The number of nitrogens with zero attached hydrogens (tertiary/aromatic N) is 3. The van der Waals surface area contributed by atoms with Crippen LogP contribution in [0.25, 0.3) is 0 Å². The number of carbonyl (C=O) groups excluding carboxylic acids is 1. The first-order chi connectivity index (χ1) is 16.9. The van der Waals surface area contributed by atoms with Gasteiger partial charge < -0.3 is 30.2 Å². The Morgan fingerprint density at radius 3 is 2.64 bits per heavy atom. The largest absolute Gasteiger partial charge is 0.490 e. The molecule has 2 bridgehead atoms. The Bertz CT molecular complexity index is 1120. The molecule has 1 aromatic heterocycles. The van der Waals surface area contributed by atoms with Crippen LogP contribution >= 0.6 is 0 Å². The molecule has 10 heteroatoms. The minimum Gasteiger partial charge on any atom is -0.490 e.